The van der Waals surface area contributed by atoms with Crippen molar-refractivity contribution in [1.29, 1.82) is 0 Å². The maximum absolute atomic E-state index is 13.0. The van der Waals surface area contributed by atoms with E-state index in [9.17, 15) is 29.6 Å². The van der Waals surface area contributed by atoms with Crippen LogP contribution in [0.1, 0.15) is 46.4 Å². The van der Waals surface area contributed by atoms with E-state index in [1.807, 2.05) is 0 Å². The molecule has 0 bridgehead atoms. The maximum atomic E-state index is 13.0. The van der Waals surface area contributed by atoms with E-state index < -0.39 is 16.7 Å². The Morgan fingerprint density at radius 2 is 1.74 bits per heavy atom. The summed E-state index contributed by atoms with van der Waals surface area (Å²) in [5.41, 5.74) is 0.445. The second-order valence-corrected chi connectivity index (χ2v) is 7.87. The number of phenols is 1. The number of carbonyl (C=O) groups is 3. The van der Waals surface area contributed by atoms with Gasteiger partial charge < -0.3 is 10.4 Å². The molecule has 4 rings (SSSR count). The highest BCUT2D eigenvalue weighted by Crippen LogP contribution is 2.35. The molecule has 2 aromatic carbocycles. The lowest BCUT2D eigenvalue weighted by Crippen LogP contribution is -2.41. The van der Waals surface area contributed by atoms with Crippen molar-refractivity contribution in [3.05, 3.63) is 63.7 Å². The summed E-state index contributed by atoms with van der Waals surface area (Å²) >= 11 is 0. The Bertz CT molecular complexity index is 1050. The van der Waals surface area contributed by atoms with Crippen molar-refractivity contribution >= 4 is 29.1 Å². The summed E-state index contributed by atoms with van der Waals surface area (Å²) in [5.74, 6) is -2.11. The van der Waals surface area contributed by atoms with Gasteiger partial charge in [-0.25, -0.2) is 0 Å². The summed E-state index contributed by atoms with van der Waals surface area (Å²) < 4.78 is 0. The predicted molar refractivity (Wildman–Crippen MR) is 111 cm³/mol. The molecule has 3 amide bonds. The van der Waals surface area contributed by atoms with E-state index in [4.69, 9.17) is 0 Å². The number of anilines is 1. The second kappa shape index (κ2) is 8.17. The highest BCUT2D eigenvalue weighted by Gasteiger charge is 2.40. The summed E-state index contributed by atoms with van der Waals surface area (Å²) in [7, 11) is 0. The molecule has 1 aliphatic heterocycles. The monoisotopic (exact) mass is 423 g/mol. The molecule has 31 heavy (non-hydrogen) atoms. The molecule has 1 aliphatic carbocycles. The van der Waals surface area contributed by atoms with Gasteiger partial charge in [0.05, 0.1) is 21.7 Å². The fraction of sp³-hybridized carbons (Fsp3) is 0.318. The van der Waals surface area contributed by atoms with Gasteiger partial charge in [-0.15, -0.1) is 0 Å². The first-order chi connectivity index (χ1) is 14.9. The number of phenolic OH excluding ortho intramolecular Hbond substituents is 1. The number of nitro groups is 1. The van der Waals surface area contributed by atoms with E-state index in [0.717, 1.165) is 31.0 Å². The third kappa shape index (κ3) is 3.86. The second-order valence-electron chi connectivity index (χ2n) is 7.87. The lowest BCUT2D eigenvalue weighted by Gasteiger charge is -2.32. The Balaban J connectivity index is 1.51. The van der Waals surface area contributed by atoms with E-state index in [-0.39, 0.29) is 41.4 Å². The summed E-state index contributed by atoms with van der Waals surface area (Å²) in [6.45, 7) is 0.130. The number of aromatic hydroxyl groups is 1. The van der Waals surface area contributed by atoms with Crippen LogP contribution >= 0.6 is 0 Å². The maximum Gasteiger partial charge on any atom is 0.271 e. The number of nitrogens with one attached hydrogen (secondary N) is 1. The van der Waals surface area contributed by atoms with Gasteiger partial charge in [0.2, 0.25) is 5.91 Å². The van der Waals surface area contributed by atoms with Gasteiger partial charge in [0.25, 0.3) is 17.5 Å². The van der Waals surface area contributed by atoms with Gasteiger partial charge in [-0.05, 0) is 37.0 Å². The minimum Gasteiger partial charge on any atom is -0.506 e. The number of carbonyl (C=O) groups excluding carboxylic acids is 3. The molecule has 2 aliphatic rings. The minimum atomic E-state index is -0.610. The molecule has 9 nitrogen and oxygen atoms in total. The Hall–Kier alpha value is -3.75. The Morgan fingerprint density at radius 1 is 1.10 bits per heavy atom. The van der Waals surface area contributed by atoms with Crippen LogP contribution < -0.4 is 5.32 Å². The van der Waals surface area contributed by atoms with Crippen LogP contribution in [0.3, 0.4) is 0 Å². The van der Waals surface area contributed by atoms with Crippen molar-refractivity contribution in [1.82, 2.24) is 4.90 Å². The number of hydrogen-bond acceptors (Lipinski definition) is 6. The number of fused-ring (bicyclic) bond motifs is 1. The molecule has 1 heterocycles. The van der Waals surface area contributed by atoms with Crippen molar-refractivity contribution in [2.24, 2.45) is 11.8 Å². The summed E-state index contributed by atoms with van der Waals surface area (Å²) in [6, 6.07) is 10.1. The van der Waals surface area contributed by atoms with Crippen LogP contribution in [0.5, 0.6) is 5.75 Å². The van der Waals surface area contributed by atoms with Crippen LogP contribution in [-0.2, 0) is 4.79 Å². The topological polar surface area (TPSA) is 130 Å². The molecule has 2 atom stereocenters. The highest BCUT2D eigenvalue weighted by atomic mass is 16.6. The molecule has 1 saturated carbocycles. The van der Waals surface area contributed by atoms with Crippen LogP contribution in [-0.4, -0.2) is 39.2 Å². The number of nitrogens with zero attached hydrogens (tertiary/aromatic N) is 2. The first kappa shape index (κ1) is 20.5. The number of rotatable bonds is 5. The van der Waals surface area contributed by atoms with Gasteiger partial charge in [-0.3, -0.25) is 29.4 Å². The number of nitro benzene ring substituents is 1. The standard InChI is InChI=1S/C22H21N3O6/c26-19-10-9-14(25(30)31)11-18(19)23-20(27)15-6-2-1-5-13(15)12-24-21(28)16-7-3-4-8-17(16)22(24)29/h3-4,7-11,13,15,26H,1-2,5-6,12H2,(H,23,27). The number of non-ortho nitro benzene ring substituents is 1. The minimum absolute atomic E-state index is 0.0377. The largest absolute Gasteiger partial charge is 0.506 e. The van der Waals surface area contributed by atoms with Gasteiger partial charge in [-0.1, -0.05) is 25.0 Å². The first-order valence-corrected chi connectivity index (χ1v) is 10.1. The molecule has 0 spiro atoms. The summed E-state index contributed by atoms with van der Waals surface area (Å²) in [6.07, 6.45) is 2.93. The number of amides is 3. The van der Waals surface area contributed by atoms with Crippen molar-refractivity contribution in [3.8, 4) is 5.75 Å². The molecule has 2 aromatic rings. The van der Waals surface area contributed by atoms with Gasteiger partial charge in [0.1, 0.15) is 5.75 Å². The molecule has 160 valence electrons. The van der Waals surface area contributed by atoms with E-state index in [0.29, 0.717) is 24.0 Å². The fourth-order valence-corrected chi connectivity index (χ4v) is 4.37. The molecular weight excluding hydrogens is 402 g/mol. The van der Waals surface area contributed by atoms with Crippen LogP contribution in [0, 0.1) is 22.0 Å². The van der Waals surface area contributed by atoms with Crippen LogP contribution in [0.2, 0.25) is 0 Å². The Labute approximate surface area is 177 Å². The summed E-state index contributed by atoms with van der Waals surface area (Å²) in [4.78, 5) is 50.0. The van der Waals surface area contributed by atoms with Crippen molar-refractivity contribution in [3.63, 3.8) is 0 Å². The van der Waals surface area contributed by atoms with Gasteiger partial charge in [0.15, 0.2) is 0 Å². The molecule has 2 N–H and O–H groups in total. The molecule has 9 heteroatoms. The smallest absolute Gasteiger partial charge is 0.271 e. The van der Waals surface area contributed by atoms with Crippen molar-refractivity contribution in [2.75, 3.05) is 11.9 Å². The van der Waals surface area contributed by atoms with Crippen LogP contribution in [0.4, 0.5) is 11.4 Å². The molecule has 0 aromatic heterocycles. The zero-order valence-electron chi connectivity index (χ0n) is 16.6. The van der Waals surface area contributed by atoms with E-state index in [1.54, 1.807) is 24.3 Å². The average Bonchev–Trinajstić information content (AvgIpc) is 3.00. The normalized spacial score (nSPS) is 20.5. The van der Waals surface area contributed by atoms with Crippen molar-refractivity contribution < 1.29 is 24.4 Å². The molecular formula is C22H21N3O6. The van der Waals surface area contributed by atoms with Crippen LogP contribution in [0.15, 0.2) is 42.5 Å². The average molecular weight is 423 g/mol. The van der Waals surface area contributed by atoms with Gasteiger partial charge in [-0.2, -0.15) is 0 Å². The van der Waals surface area contributed by atoms with Crippen LogP contribution in [0.25, 0.3) is 0 Å². The summed E-state index contributed by atoms with van der Waals surface area (Å²) in [5, 5.41) is 23.6. The van der Waals surface area contributed by atoms with E-state index in [1.165, 1.54) is 4.90 Å². The zero-order valence-corrected chi connectivity index (χ0v) is 16.6. The Kier molecular flexibility index (Phi) is 5.41. The molecule has 0 radical (unpaired) electrons. The van der Waals surface area contributed by atoms with Crippen molar-refractivity contribution in [2.45, 2.75) is 25.7 Å². The van der Waals surface area contributed by atoms with E-state index >= 15 is 0 Å². The Morgan fingerprint density at radius 3 is 2.39 bits per heavy atom. The predicted octanol–water partition coefficient (Wildman–Crippen LogP) is 3.34. The fourth-order valence-electron chi connectivity index (χ4n) is 4.37. The molecule has 2 unspecified atom stereocenters. The van der Waals surface area contributed by atoms with Gasteiger partial charge in [0, 0.05) is 24.6 Å². The number of hydrogen-bond donors (Lipinski definition) is 2. The van der Waals surface area contributed by atoms with E-state index in [2.05, 4.69) is 5.32 Å². The highest BCUT2D eigenvalue weighted by molar-refractivity contribution is 6.21. The third-order valence-electron chi connectivity index (χ3n) is 5.99. The number of imide groups is 1. The molecule has 1 fully saturated rings. The zero-order chi connectivity index (χ0) is 22.1. The lowest BCUT2D eigenvalue weighted by atomic mass is 9.78. The third-order valence-corrected chi connectivity index (χ3v) is 5.99. The first-order valence-electron chi connectivity index (χ1n) is 10.1. The SMILES string of the molecule is O=C(Nc1cc([N+](=O)[O-])ccc1O)C1CCCCC1CN1C(=O)c2ccccc2C1=O. The number of benzene rings is 2. The lowest BCUT2D eigenvalue weighted by molar-refractivity contribution is -0.384. The quantitative estimate of drug-likeness (QED) is 0.328. The van der Waals surface area contributed by atoms with Gasteiger partial charge >= 0.3 is 0 Å². The molecule has 0 saturated heterocycles.